The maximum absolute atomic E-state index is 11.7. The predicted molar refractivity (Wildman–Crippen MR) is 200 cm³/mol. The Labute approximate surface area is 314 Å². The SMILES string of the molecule is Cc1oc(-c2ccc(-c3nc(C(=O)O)cs3)nc2-c2csc(-c3csc(C(N)C(C)CC(Oc4ccccc4)Oc4ccccc4)n3)n2)nc1C(=O)O. The molecular weight excluding hydrogens is 737 g/mol. The van der Waals surface area contributed by atoms with Crippen molar-refractivity contribution in [1.82, 2.24) is 24.9 Å². The first kappa shape index (κ1) is 35.6. The van der Waals surface area contributed by atoms with E-state index < -0.39 is 24.3 Å². The van der Waals surface area contributed by atoms with E-state index in [1.54, 1.807) is 17.5 Å². The minimum absolute atomic E-state index is 0.0514. The Morgan fingerprint density at radius 2 is 1.40 bits per heavy atom. The molecule has 0 aliphatic carbocycles. The van der Waals surface area contributed by atoms with Gasteiger partial charge in [0.05, 0.1) is 17.3 Å². The number of nitrogens with zero attached hydrogens (tertiary/aromatic N) is 5. The fourth-order valence-corrected chi connectivity index (χ4v) is 7.84. The van der Waals surface area contributed by atoms with Crippen LogP contribution in [0.5, 0.6) is 11.5 Å². The molecule has 0 saturated heterocycles. The molecule has 0 spiro atoms. The number of ether oxygens (including phenoxy) is 2. The number of oxazole rings is 1. The van der Waals surface area contributed by atoms with Gasteiger partial charge < -0.3 is 29.8 Å². The molecule has 7 rings (SSSR count). The van der Waals surface area contributed by atoms with Gasteiger partial charge in [-0.05, 0) is 49.2 Å². The fourth-order valence-electron chi connectivity index (χ4n) is 5.30. The molecule has 0 bridgehead atoms. The zero-order valence-corrected chi connectivity index (χ0v) is 30.5. The van der Waals surface area contributed by atoms with Crippen LogP contribution >= 0.6 is 34.0 Å². The first-order valence-corrected chi connectivity index (χ1v) is 18.8. The number of hydrogen-bond acceptors (Lipinski definition) is 14. The number of aryl methyl sites for hydroxylation is 1. The van der Waals surface area contributed by atoms with Crippen molar-refractivity contribution in [1.29, 1.82) is 0 Å². The molecule has 4 N–H and O–H groups in total. The number of hydrogen-bond donors (Lipinski definition) is 3. The number of thiazole rings is 3. The number of aromatic carboxylic acids is 2. The summed E-state index contributed by atoms with van der Waals surface area (Å²) in [5, 5.41) is 25.8. The van der Waals surface area contributed by atoms with Gasteiger partial charge in [0.2, 0.25) is 12.2 Å². The Kier molecular flexibility index (Phi) is 10.4. The van der Waals surface area contributed by atoms with E-state index in [9.17, 15) is 19.8 Å². The smallest absolute Gasteiger partial charge is 0.358 e. The van der Waals surface area contributed by atoms with E-state index in [-0.39, 0.29) is 29.0 Å². The second-order valence-corrected chi connectivity index (χ2v) is 14.4. The van der Waals surface area contributed by atoms with Gasteiger partial charge in [-0.1, -0.05) is 43.3 Å². The Morgan fingerprint density at radius 1 is 0.755 bits per heavy atom. The highest BCUT2D eigenvalue weighted by molar-refractivity contribution is 7.14. The Morgan fingerprint density at radius 3 is 2.02 bits per heavy atom. The number of pyridine rings is 1. The number of benzene rings is 2. The molecule has 5 heterocycles. The zero-order valence-electron chi connectivity index (χ0n) is 28.1. The summed E-state index contributed by atoms with van der Waals surface area (Å²) in [5.74, 6) is -0.898. The molecule has 0 aliphatic heterocycles. The molecule has 5 aromatic heterocycles. The van der Waals surface area contributed by atoms with Gasteiger partial charge >= 0.3 is 11.9 Å². The van der Waals surface area contributed by atoms with Gasteiger partial charge in [-0.25, -0.2) is 34.5 Å². The van der Waals surface area contributed by atoms with Crippen molar-refractivity contribution < 1.29 is 33.7 Å². The van der Waals surface area contributed by atoms with Crippen molar-refractivity contribution >= 4 is 45.9 Å². The van der Waals surface area contributed by atoms with Gasteiger partial charge in [0.1, 0.15) is 49.4 Å². The Balaban J connectivity index is 1.15. The summed E-state index contributed by atoms with van der Waals surface area (Å²) < 4.78 is 18.2. The van der Waals surface area contributed by atoms with Gasteiger partial charge in [-0.2, -0.15) is 0 Å². The van der Waals surface area contributed by atoms with Crippen LogP contribution in [0.3, 0.4) is 0 Å². The number of carboxylic acids is 2. The van der Waals surface area contributed by atoms with E-state index in [1.165, 1.54) is 35.0 Å². The lowest BCUT2D eigenvalue weighted by molar-refractivity contribution is -0.0136. The highest BCUT2D eigenvalue weighted by Gasteiger charge is 2.27. The molecule has 0 radical (unpaired) electrons. The molecule has 0 aliphatic rings. The molecular formula is C37H30N6O7S3. The largest absolute Gasteiger partial charge is 0.476 e. The van der Waals surface area contributed by atoms with Crippen LogP contribution in [-0.4, -0.2) is 53.4 Å². The maximum atomic E-state index is 11.7. The summed E-state index contributed by atoms with van der Waals surface area (Å²) >= 11 is 3.91. The molecule has 13 nitrogen and oxygen atoms in total. The number of carbonyl (C=O) groups is 2. The van der Waals surface area contributed by atoms with Crippen LogP contribution in [0.15, 0.2) is 93.4 Å². The summed E-state index contributed by atoms with van der Waals surface area (Å²) in [6.45, 7) is 3.55. The van der Waals surface area contributed by atoms with Gasteiger partial charge in [0.15, 0.2) is 11.4 Å². The quantitative estimate of drug-likeness (QED) is 0.0894. The van der Waals surface area contributed by atoms with Crippen molar-refractivity contribution in [2.24, 2.45) is 11.7 Å². The third-order valence-electron chi connectivity index (χ3n) is 8.04. The fraction of sp³-hybridized carbons (Fsp3) is 0.162. The van der Waals surface area contributed by atoms with Crippen LogP contribution in [0.25, 0.3) is 44.2 Å². The number of nitrogens with two attached hydrogens (primary N) is 1. The van der Waals surface area contributed by atoms with E-state index in [4.69, 9.17) is 34.6 Å². The Hall–Kier alpha value is -5.81. The van der Waals surface area contributed by atoms with E-state index in [2.05, 4.69) is 9.97 Å². The average molecular weight is 767 g/mol. The topological polar surface area (TPSA) is 197 Å². The monoisotopic (exact) mass is 766 g/mol. The summed E-state index contributed by atoms with van der Waals surface area (Å²) in [6, 6.07) is 21.9. The van der Waals surface area contributed by atoms with Crippen LogP contribution in [0.1, 0.15) is 51.1 Å². The molecule has 0 saturated carbocycles. The lowest BCUT2D eigenvalue weighted by Gasteiger charge is -2.25. The van der Waals surface area contributed by atoms with E-state index in [0.29, 0.717) is 56.3 Å². The highest BCUT2D eigenvalue weighted by atomic mass is 32.1. The number of para-hydroxylation sites is 2. The van der Waals surface area contributed by atoms with Gasteiger partial charge in [0.25, 0.3) is 0 Å². The lowest BCUT2D eigenvalue weighted by Crippen LogP contribution is -2.30. The molecule has 2 unspecified atom stereocenters. The molecule has 2 atom stereocenters. The molecule has 2 aromatic carbocycles. The summed E-state index contributed by atoms with van der Waals surface area (Å²) in [4.78, 5) is 46.1. The first-order chi connectivity index (χ1) is 25.6. The van der Waals surface area contributed by atoms with E-state index in [0.717, 1.165) is 16.3 Å². The average Bonchev–Trinajstić information content (AvgIpc) is 3.99. The second kappa shape index (κ2) is 15.4. The minimum Gasteiger partial charge on any atom is -0.476 e. The highest BCUT2D eigenvalue weighted by Crippen LogP contribution is 2.38. The van der Waals surface area contributed by atoms with Gasteiger partial charge in [-0.15, -0.1) is 34.0 Å². The van der Waals surface area contributed by atoms with Gasteiger partial charge in [-0.3, -0.25) is 0 Å². The molecule has 7 aromatic rings. The maximum Gasteiger partial charge on any atom is 0.358 e. The van der Waals surface area contributed by atoms with Crippen LogP contribution < -0.4 is 15.2 Å². The number of aromatic nitrogens is 5. The predicted octanol–water partition coefficient (Wildman–Crippen LogP) is 8.32. The van der Waals surface area contributed by atoms with E-state index in [1.807, 2.05) is 73.0 Å². The molecule has 0 fully saturated rings. The first-order valence-electron chi connectivity index (χ1n) is 16.1. The minimum atomic E-state index is -1.22. The van der Waals surface area contributed by atoms with Crippen LogP contribution in [0.2, 0.25) is 0 Å². The normalized spacial score (nSPS) is 12.5. The molecule has 268 valence electrons. The van der Waals surface area contributed by atoms with Crippen molar-refractivity contribution in [3.63, 3.8) is 0 Å². The molecule has 0 amide bonds. The van der Waals surface area contributed by atoms with Crippen LogP contribution in [-0.2, 0) is 0 Å². The third-order valence-corrected chi connectivity index (χ3v) is 10.7. The van der Waals surface area contributed by atoms with Crippen molar-refractivity contribution in [3.05, 3.63) is 111 Å². The number of rotatable bonds is 14. The Bertz CT molecular complexity index is 2330. The lowest BCUT2D eigenvalue weighted by atomic mass is 9.99. The summed E-state index contributed by atoms with van der Waals surface area (Å²) in [6.07, 6.45) is -0.110. The molecule has 53 heavy (non-hydrogen) atoms. The summed E-state index contributed by atoms with van der Waals surface area (Å²) in [7, 11) is 0. The van der Waals surface area contributed by atoms with Crippen molar-refractivity contribution in [3.8, 4) is 55.7 Å². The van der Waals surface area contributed by atoms with Crippen molar-refractivity contribution in [2.45, 2.75) is 32.6 Å². The standard InChI is InChI=1S/C37H30N6O7S3/c1-19(15-28(49-21-9-5-3-6-10-21)50-22-11-7-4-8-12-22)29(38)35-41-26(17-53-35)34-40-25(16-51-34)31-23(32-43-30(37(46)47)20(2)48-32)13-14-24(39-31)33-42-27(18-52-33)36(44)45/h3-14,16-19,28-29H,15,38H2,1-2H3,(H,44,45)(H,46,47). The van der Waals surface area contributed by atoms with E-state index >= 15 is 0 Å². The third kappa shape index (κ3) is 8.00. The second-order valence-electron chi connectivity index (χ2n) is 11.8. The zero-order chi connectivity index (χ0) is 37.1. The van der Waals surface area contributed by atoms with Crippen molar-refractivity contribution in [2.75, 3.05) is 0 Å². The van der Waals surface area contributed by atoms with Gasteiger partial charge in [0, 0.05) is 22.6 Å². The molecule has 16 heteroatoms. The number of carboxylic acid groups (broad SMARTS) is 2. The van der Waals surface area contributed by atoms with Crippen LogP contribution in [0.4, 0.5) is 0 Å². The summed E-state index contributed by atoms with van der Waals surface area (Å²) in [5.41, 5.74) is 8.70. The van der Waals surface area contributed by atoms with Crippen LogP contribution in [0, 0.1) is 12.8 Å².